The highest BCUT2D eigenvalue weighted by Gasteiger charge is 2.32. The first-order valence-electron chi connectivity index (χ1n) is 12.0. The van der Waals surface area contributed by atoms with Crippen molar-refractivity contribution in [2.24, 2.45) is 5.92 Å². The molecule has 1 aliphatic heterocycles. The van der Waals surface area contributed by atoms with E-state index in [1.165, 1.54) is 28.5 Å². The van der Waals surface area contributed by atoms with Gasteiger partial charge in [0.25, 0.3) is 0 Å². The number of hydrogen-bond acceptors (Lipinski definition) is 4. The Morgan fingerprint density at radius 3 is 2.78 bits per heavy atom. The number of nitrogens with zero attached hydrogens (tertiary/aromatic N) is 2. The van der Waals surface area contributed by atoms with Gasteiger partial charge in [-0.3, -0.25) is 10.1 Å². The van der Waals surface area contributed by atoms with E-state index < -0.39 is 0 Å². The molecule has 0 spiro atoms. The molecule has 3 aromatic rings. The summed E-state index contributed by atoms with van der Waals surface area (Å²) in [6.45, 7) is 9.19. The smallest absolute Gasteiger partial charge is 0.237 e. The minimum atomic E-state index is -0.218. The topological polar surface area (TPSA) is 72.1 Å². The number of carbonyl (C=O) groups excluding carboxylic acids is 1. The third-order valence-electron chi connectivity index (χ3n) is 7.20. The Kier molecular flexibility index (Phi) is 5.58. The summed E-state index contributed by atoms with van der Waals surface area (Å²) in [5, 5.41) is 12.4. The molecule has 0 radical (unpaired) electrons. The van der Waals surface area contributed by atoms with Crippen molar-refractivity contribution in [3.8, 4) is 0 Å². The van der Waals surface area contributed by atoms with Crippen molar-refractivity contribution in [2.75, 3.05) is 0 Å². The lowest BCUT2D eigenvalue weighted by molar-refractivity contribution is -0.124. The fourth-order valence-electron chi connectivity index (χ4n) is 5.24. The van der Waals surface area contributed by atoms with Gasteiger partial charge in [-0.15, -0.1) is 0 Å². The maximum Gasteiger partial charge on any atom is 0.237 e. The van der Waals surface area contributed by atoms with Gasteiger partial charge < -0.3 is 14.4 Å². The van der Waals surface area contributed by atoms with E-state index >= 15 is 0 Å². The SMILES string of the molecule is Cc1noc(C)c1Cn1cc2c3c(cccc31)C(CC(C)C)NC(C(=O)NC1CCC1)C2. The molecule has 2 aliphatic rings. The lowest BCUT2D eigenvalue weighted by Crippen LogP contribution is -2.51. The number of benzene rings is 1. The van der Waals surface area contributed by atoms with Crippen LogP contribution in [-0.4, -0.2) is 27.7 Å². The van der Waals surface area contributed by atoms with E-state index in [9.17, 15) is 4.79 Å². The number of carbonyl (C=O) groups is 1. The van der Waals surface area contributed by atoms with Crippen LogP contribution < -0.4 is 10.6 Å². The molecule has 2 aromatic heterocycles. The molecule has 2 unspecified atom stereocenters. The molecule has 0 bridgehead atoms. The van der Waals surface area contributed by atoms with E-state index in [4.69, 9.17) is 4.52 Å². The van der Waals surface area contributed by atoms with Gasteiger partial charge >= 0.3 is 0 Å². The summed E-state index contributed by atoms with van der Waals surface area (Å²) in [4.78, 5) is 13.2. The maximum atomic E-state index is 13.2. The average molecular weight is 435 g/mol. The second-order valence-electron chi connectivity index (χ2n) is 10.1. The van der Waals surface area contributed by atoms with Crippen molar-refractivity contribution >= 4 is 16.8 Å². The van der Waals surface area contributed by atoms with Crippen LogP contribution in [0.2, 0.25) is 0 Å². The molecule has 1 amide bonds. The molecule has 1 fully saturated rings. The minimum Gasteiger partial charge on any atom is -0.361 e. The highest BCUT2D eigenvalue weighted by atomic mass is 16.5. The summed E-state index contributed by atoms with van der Waals surface area (Å²) >= 11 is 0. The number of hydrogen-bond donors (Lipinski definition) is 2. The lowest BCUT2D eigenvalue weighted by atomic mass is 9.92. The predicted octanol–water partition coefficient (Wildman–Crippen LogP) is 4.56. The molecule has 0 saturated heterocycles. The summed E-state index contributed by atoms with van der Waals surface area (Å²) in [6, 6.07) is 6.87. The zero-order chi connectivity index (χ0) is 22.4. The summed E-state index contributed by atoms with van der Waals surface area (Å²) in [7, 11) is 0. The van der Waals surface area contributed by atoms with Gasteiger partial charge in [0.2, 0.25) is 5.91 Å². The van der Waals surface area contributed by atoms with E-state index in [1.54, 1.807) is 0 Å². The number of nitrogens with one attached hydrogen (secondary N) is 2. The molecule has 3 heterocycles. The van der Waals surface area contributed by atoms with Gasteiger partial charge in [0.1, 0.15) is 5.76 Å². The summed E-state index contributed by atoms with van der Waals surface area (Å²) in [5.41, 5.74) is 5.84. The molecule has 5 rings (SSSR count). The molecule has 2 atom stereocenters. The first-order valence-corrected chi connectivity index (χ1v) is 12.0. The average Bonchev–Trinajstić information content (AvgIpc) is 3.18. The number of amides is 1. The summed E-state index contributed by atoms with van der Waals surface area (Å²) < 4.78 is 7.71. The van der Waals surface area contributed by atoms with Crippen LogP contribution in [0.3, 0.4) is 0 Å². The zero-order valence-electron chi connectivity index (χ0n) is 19.6. The van der Waals surface area contributed by atoms with E-state index in [0.717, 1.165) is 42.8 Å². The van der Waals surface area contributed by atoms with E-state index in [1.807, 2.05) is 13.8 Å². The van der Waals surface area contributed by atoms with Crippen LogP contribution in [0.15, 0.2) is 28.9 Å². The third kappa shape index (κ3) is 3.85. The molecule has 6 heteroatoms. The predicted molar refractivity (Wildman–Crippen MR) is 126 cm³/mol. The van der Waals surface area contributed by atoms with Gasteiger partial charge in [-0.05, 0) is 69.1 Å². The monoisotopic (exact) mass is 434 g/mol. The molecule has 1 aliphatic carbocycles. The fourth-order valence-corrected chi connectivity index (χ4v) is 5.24. The van der Waals surface area contributed by atoms with Gasteiger partial charge in [0, 0.05) is 34.7 Å². The first-order chi connectivity index (χ1) is 15.4. The Morgan fingerprint density at radius 1 is 1.31 bits per heavy atom. The normalized spacial score (nSPS) is 21.0. The highest BCUT2D eigenvalue weighted by Crippen LogP contribution is 2.36. The molecular weight excluding hydrogens is 400 g/mol. The van der Waals surface area contributed by atoms with Gasteiger partial charge in [0.15, 0.2) is 0 Å². The molecule has 1 aromatic carbocycles. The first kappa shape index (κ1) is 21.3. The molecule has 170 valence electrons. The Labute approximate surface area is 189 Å². The van der Waals surface area contributed by atoms with Crippen LogP contribution in [0, 0.1) is 19.8 Å². The Hall–Kier alpha value is -2.60. The maximum absolute atomic E-state index is 13.2. The van der Waals surface area contributed by atoms with Crippen LogP contribution in [0.1, 0.15) is 73.7 Å². The quantitative estimate of drug-likeness (QED) is 0.596. The van der Waals surface area contributed by atoms with Crippen molar-refractivity contribution in [1.29, 1.82) is 0 Å². The van der Waals surface area contributed by atoms with Crippen LogP contribution in [0.25, 0.3) is 10.9 Å². The second kappa shape index (κ2) is 8.39. The van der Waals surface area contributed by atoms with Crippen LogP contribution in [0.5, 0.6) is 0 Å². The van der Waals surface area contributed by atoms with Gasteiger partial charge in [0.05, 0.1) is 18.3 Å². The Bertz CT molecular complexity index is 1120. The Balaban J connectivity index is 1.55. The van der Waals surface area contributed by atoms with Gasteiger partial charge in [-0.1, -0.05) is 31.1 Å². The van der Waals surface area contributed by atoms with E-state index in [-0.39, 0.29) is 18.0 Å². The van der Waals surface area contributed by atoms with Crippen LogP contribution >= 0.6 is 0 Å². The number of aromatic nitrogens is 2. The third-order valence-corrected chi connectivity index (χ3v) is 7.20. The number of rotatable bonds is 6. The second-order valence-corrected chi connectivity index (χ2v) is 10.1. The summed E-state index contributed by atoms with van der Waals surface area (Å²) in [5.74, 6) is 1.54. The molecule has 2 N–H and O–H groups in total. The van der Waals surface area contributed by atoms with Crippen LogP contribution in [-0.2, 0) is 17.8 Å². The molecule has 6 nitrogen and oxygen atoms in total. The zero-order valence-corrected chi connectivity index (χ0v) is 19.6. The largest absolute Gasteiger partial charge is 0.361 e. The van der Waals surface area contributed by atoms with E-state index in [0.29, 0.717) is 18.4 Å². The van der Waals surface area contributed by atoms with Crippen molar-refractivity contribution in [1.82, 2.24) is 20.4 Å². The molecule has 32 heavy (non-hydrogen) atoms. The van der Waals surface area contributed by atoms with Crippen LogP contribution in [0.4, 0.5) is 0 Å². The lowest BCUT2D eigenvalue weighted by Gasteiger charge is -2.30. The fraction of sp³-hybridized carbons (Fsp3) is 0.538. The Morgan fingerprint density at radius 2 is 2.12 bits per heavy atom. The summed E-state index contributed by atoms with van der Waals surface area (Å²) in [6.07, 6.45) is 7.37. The van der Waals surface area contributed by atoms with Gasteiger partial charge in [-0.25, -0.2) is 0 Å². The van der Waals surface area contributed by atoms with Gasteiger partial charge in [-0.2, -0.15) is 0 Å². The standard InChI is InChI=1S/C26H34N4O2/c1-15(2)11-22-20-9-6-10-24-25(20)18(12-23(28-22)26(31)27-19-7-5-8-19)13-30(24)14-21-16(3)29-32-17(21)4/h6,9-10,13,15,19,22-23,28H,5,7-8,11-12,14H2,1-4H3,(H,27,31). The minimum absolute atomic E-state index is 0.142. The van der Waals surface area contributed by atoms with Crippen molar-refractivity contribution in [2.45, 2.75) is 84.5 Å². The number of aryl methyl sites for hydroxylation is 2. The van der Waals surface area contributed by atoms with Crippen molar-refractivity contribution in [3.05, 3.63) is 52.5 Å². The molecular formula is C26H34N4O2. The van der Waals surface area contributed by atoms with Crippen molar-refractivity contribution in [3.63, 3.8) is 0 Å². The highest BCUT2D eigenvalue weighted by molar-refractivity contribution is 5.90. The van der Waals surface area contributed by atoms with E-state index in [2.05, 4.69) is 58.6 Å². The van der Waals surface area contributed by atoms with Crippen molar-refractivity contribution < 1.29 is 9.32 Å². The molecule has 1 saturated carbocycles.